The number of nitrogens with zero attached hydrogens (tertiary/aromatic N) is 4. The van der Waals surface area contributed by atoms with E-state index in [0.29, 0.717) is 23.5 Å². The highest BCUT2D eigenvalue weighted by Crippen LogP contribution is 2.27. The minimum Gasteiger partial charge on any atom is -0.413 e. The zero-order valence-corrected chi connectivity index (χ0v) is 17.1. The summed E-state index contributed by atoms with van der Waals surface area (Å²) in [7, 11) is 0. The third-order valence-corrected chi connectivity index (χ3v) is 5.18. The fourth-order valence-electron chi connectivity index (χ4n) is 3.47. The van der Waals surface area contributed by atoms with E-state index >= 15 is 0 Å². The molecular formula is C25H21N5O. The van der Waals surface area contributed by atoms with Crippen LogP contribution in [0.15, 0.2) is 89.3 Å². The van der Waals surface area contributed by atoms with E-state index in [2.05, 4.69) is 51.7 Å². The molecule has 0 saturated carbocycles. The summed E-state index contributed by atoms with van der Waals surface area (Å²) in [6.45, 7) is 2.93. The molecular weight excluding hydrogens is 386 g/mol. The molecule has 31 heavy (non-hydrogen) atoms. The molecule has 0 spiro atoms. The van der Waals surface area contributed by atoms with Crippen LogP contribution in [0.2, 0.25) is 0 Å². The van der Waals surface area contributed by atoms with Crippen molar-refractivity contribution in [2.75, 3.05) is 11.9 Å². The predicted molar refractivity (Wildman–Crippen MR) is 122 cm³/mol. The lowest BCUT2D eigenvalue weighted by Crippen LogP contribution is -2.12. The first kappa shape index (κ1) is 18.9. The first-order valence-corrected chi connectivity index (χ1v) is 10.2. The highest BCUT2D eigenvalue weighted by atomic mass is 16.4. The number of fused-ring (bicyclic) bond motifs is 1. The van der Waals surface area contributed by atoms with Crippen LogP contribution in [0.3, 0.4) is 0 Å². The minimum absolute atomic E-state index is 0.295. The van der Waals surface area contributed by atoms with Crippen molar-refractivity contribution in [3.63, 3.8) is 0 Å². The first-order valence-electron chi connectivity index (χ1n) is 10.2. The fraction of sp³-hybridized carbons (Fsp3) is 0.120. The molecule has 0 aliphatic carbocycles. The van der Waals surface area contributed by atoms with Crippen molar-refractivity contribution < 1.29 is 4.42 Å². The number of para-hydroxylation sites is 1. The number of hydrogen-bond acceptors (Lipinski definition) is 6. The maximum absolute atomic E-state index is 5.88. The molecule has 0 aliphatic heterocycles. The Kier molecular flexibility index (Phi) is 5.10. The molecule has 2 heterocycles. The summed E-state index contributed by atoms with van der Waals surface area (Å²) in [5.74, 6) is 2.22. The highest BCUT2D eigenvalue weighted by molar-refractivity contribution is 5.90. The number of hydrogen-bond donors (Lipinski definition) is 1. The lowest BCUT2D eigenvalue weighted by Gasteiger charge is -2.15. The quantitative estimate of drug-likeness (QED) is 0.397. The topological polar surface area (TPSA) is 76.7 Å². The number of anilines is 1. The molecule has 1 atom stereocenters. The van der Waals surface area contributed by atoms with Crippen LogP contribution in [0, 0.1) is 0 Å². The van der Waals surface area contributed by atoms with E-state index in [1.54, 1.807) is 0 Å². The van der Waals surface area contributed by atoms with Crippen molar-refractivity contribution >= 4 is 16.7 Å². The van der Waals surface area contributed by atoms with Crippen LogP contribution in [-0.4, -0.2) is 26.7 Å². The summed E-state index contributed by atoms with van der Waals surface area (Å²) in [4.78, 5) is 9.38. The van der Waals surface area contributed by atoms with Crippen molar-refractivity contribution in [2.45, 2.75) is 12.8 Å². The Hall–Kier alpha value is -4.06. The molecule has 0 bridgehead atoms. The van der Waals surface area contributed by atoms with Crippen molar-refractivity contribution in [1.29, 1.82) is 0 Å². The predicted octanol–water partition coefficient (Wildman–Crippen LogP) is 5.56. The zero-order chi connectivity index (χ0) is 21.0. The molecule has 3 aromatic carbocycles. The standard InChI is InChI=1S/C25H21N5O/c1-17(18-10-4-2-5-11-18)16-26-22-20-14-8-9-15-21(20)27-23(28-22)25-30-29-24(31-25)19-12-6-3-7-13-19/h2-15,17H,16H2,1H3,(H,26,27,28)/t17-/m0/s1. The molecule has 0 radical (unpaired) electrons. The van der Waals surface area contributed by atoms with Crippen LogP contribution < -0.4 is 5.32 Å². The highest BCUT2D eigenvalue weighted by Gasteiger charge is 2.16. The SMILES string of the molecule is C[C@@H](CNc1nc(-c2nnc(-c3ccccc3)o2)nc2ccccc12)c1ccccc1. The summed E-state index contributed by atoms with van der Waals surface area (Å²) in [5.41, 5.74) is 2.96. The van der Waals surface area contributed by atoms with Crippen molar-refractivity contribution in [2.24, 2.45) is 0 Å². The van der Waals surface area contributed by atoms with Gasteiger partial charge in [0.05, 0.1) is 5.52 Å². The maximum atomic E-state index is 5.88. The Balaban J connectivity index is 1.47. The molecule has 2 aromatic heterocycles. The second-order valence-corrected chi connectivity index (χ2v) is 7.38. The van der Waals surface area contributed by atoms with Gasteiger partial charge in [-0.05, 0) is 35.7 Å². The summed E-state index contributed by atoms with van der Waals surface area (Å²) >= 11 is 0. The van der Waals surface area contributed by atoms with E-state index in [-0.39, 0.29) is 0 Å². The minimum atomic E-state index is 0.295. The molecule has 0 unspecified atom stereocenters. The summed E-state index contributed by atoms with van der Waals surface area (Å²) in [6.07, 6.45) is 0. The molecule has 0 saturated heterocycles. The molecule has 6 heteroatoms. The Morgan fingerprint density at radius 1 is 0.774 bits per heavy atom. The number of rotatable bonds is 6. The van der Waals surface area contributed by atoms with E-state index in [4.69, 9.17) is 9.40 Å². The second kappa shape index (κ2) is 8.36. The van der Waals surface area contributed by atoms with E-state index in [9.17, 15) is 0 Å². The maximum Gasteiger partial charge on any atom is 0.286 e. The zero-order valence-electron chi connectivity index (χ0n) is 17.1. The van der Waals surface area contributed by atoms with Crippen LogP contribution in [0.5, 0.6) is 0 Å². The number of aromatic nitrogens is 4. The molecule has 6 nitrogen and oxygen atoms in total. The molecule has 0 fully saturated rings. The van der Waals surface area contributed by atoms with Gasteiger partial charge >= 0.3 is 0 Å². The second-order valence-electron chi connectivity index (χ2n) is 7.38. The van der Waals surface area contributed by atoms with Gasteiger partial charge in [0.1, 0.15) is 5.82 Å². The van der Waals surface area contributed by atoms with Crippen LogP contribution >= 0.6 is 0 Å². The lowest BCUT2D eigenvalue weighted by molar-refractivity contribution is 0.579. The smallest absolute Gasteiger partial charge is 0.286 e. The molecule has 152 valence electrons. The Morgan fingerprint density at radius 3 is 2.26 bits per heavy atom. The summed E-state index contributed by atoms with van der Waals surface area (Å²) < 4.78 is 5.88. The van der Waals surface area contributed by atoms with Gasteiger partial charge in [-0.15, -0.1) is 10.2 Å². The monoisotopic (exact) mass is 407 g/mol. The largest absolute Gasteiger partial charge is 0.413 e. The van der Waals surface area contributed by atoms with Gasteiger partial charge in [0.25, 0.3) is 5.89 Å². The number of nitrogens with one attached hydrogen (secondary N) is 1. The number of benzene rings is 3. The van der Waals surface area contributed by atoms with Gasteiger partial charge < -0.3 is 9.73 Å². The third-order valence-electron chi connectivity index (χ3n) is 5.18. The molecule has 0 aliphatic rings. The van der Waals surface area contributed by atoms with Gasteiger partial charge in [-0.1, -0.05) is 67.6 Å². The lowest BCUT2D eigenvalue weighted by atomic mass is 10.0. The van der Waals surface area contributed by atoms with Gasteiger partial charge in [-0.25, -0.2) is 9.97 Å². The van der Waals surface area contributed by atoms with E-state index in [1.807, 2.05) is 60.7 Å². The van der Waals surface area contributed by atoms with Gasteiger partial charge in [0.2, 0.25) is 11.7 Å². The molecule has 0 amide bonds. The average molecular weight is 407 g/mol. The van der Waals surface area contributed by atoms with Crippen LogP contribution in [0.25, 0.3) is 34.1 Å². The van der Waals surface area contributed by atoms with E-state index in [1.165, 1.54) is 5.56 Å². The van der Waals surface area contributed by atoms with Crippen LogP contribution in [0.1, 0.15) is 18.4 Å². The van der Waals surface area contributed by atoms with Crippen molar-refractivity contribution in [3.8, 4) is 23.2 Å². The van der Waals surface area contributed by atoms with Gasteiger partial charge in [-0.2, -0.15) is 0 Å². The van der Waals surface area contributed by atoms with E-state index < -0.39 is 0 Å². The summed E-state index contributed by atoms with van der Waals surface area (Å²) in [5, 5.41) is 12.8. The Morgan fingerprint density at radius 2 is 1.45 bits per heavy atom. The Bertz CT molecular complexity index is 1300. The molecule has 1 N–H and O–H groups in total. The molecule has 5 aromatic rings. The van der Waals surface area contributed by atoms with Crippen molar-refractivity contribution in [3.05, 3.63) is 90.5 Å². The van der Waals surface area contributed by atoms with E-state index in [0.717, 1.165) is 28.8 Å². The van der Waals surface area contributed by atoms with Crippen LogP contribution in [-0.2, 0) is 0 Å². The Labute approximate surface area is 180 Å². The van der Waals surface area contributed by atoms with Gasteiger partial charge in [0, 0.05) is 17.5 Å². The van der Waals surface area contributed by atoms with Crippen LogP contribution in [0.4, 0.5) is 5.82 Å². The molecule has 5 rings (SSSR count). The van der Waals surface area contributed by atoms with Gasteiger partial charge in [0.15, 0.2) is 0 Å². The fourth-order valence-corrected chi connectivity index (χ4v) is 3.47. The normalized spacial score (nSPS) is 12.0. The first-order chi connectivity index (χ1) is 15.3. The third kappa shape index (κ3) is 4.00. The van der Waals surface area contributed by atoms with Gasteiger partial charge in [-0.3, -0.25) is 0 Å². The van der Waals surface area contributed by atoms with Crippen molar-refractivity contribution in [1.82, 2.24) is 20.2 Å². The summed E-state index contributed by atoms with van der Waals surface area (Å²) in [6, 6.07) is 28.0. The average Bonchev–Trinajstić information content (AvgIpc) is 3.34.